The Morgan fingerprint density at radius 2 is 2.12 bits per heavy atom. The van der Waals surface area contributed by atoms with Gasteiger partial charge in [0.25, 0.3) is 0 Å². The van der Waals surface area contributed by atoms with E-state index < -0.39 is 5.60 Å². The molecule has 94 valence electrons. The van der Waals surface area contributed by atoms with Gasteiger partial charge in [0.05, 0.1) is 12.2 Å². The van der Waals surface area contributed by atoms with Crippen LogP contribution in [-0.4, -0.2) is 24.4 Å². The summed E-state index contributed by atoms with van der Waals surface area (Å²) in [6.07, 6.45) is 3.02. The molecule has 3 nitrogen and oxygen atoms in total. The van der Waals surface area contributed by atoms with Crippen molar-refractivity contribution in [2.45, 2.75) is 38.0 Å². The maximum atomic E-state index is 9.94. The Labute approximate surface area is 103 Å². The van der Waals surface area contributed by atoms with Gasteiger partial charge in [-0.15, -0.1) is 0 Å². The number of nitrogens with one attached hydrogen (secondary N) is 1. The number of hydrogen-bond acceptors (Lipinski definition) is 3. The van der Waals surface area contributed by atoms with Crippen molar-refractivity contribution in [2.75, 3.05) is 13.7 Å². The average Bonchev–Trinajstić information content (AvgIpc) is 2.28. The second-order valence-corrected chi connectivity index (χ2v) is 4.93. The fraction of sp³-hybridized carbons (Fsp3) is 0.571. The second kappa shape index (κ2) is 5.63. The van der Waals surface area contributed by atoms with E-state index in [9.17, 15) is 5.11 Å². The molecule has 0 aromatic heterocycles. The van der Waals surface area contributed by atoms with E-state index >= 15 is 0 Å². The standard InChI is InChI=1S/C14H21NO2/c1-17-10-13-5-2-4-12(8-13)9-15-11-14(16)6-3-7-14/h2,4-5,8,15-16H,3,6-7,9-11H2,1H3. The molecule has 0 saturated heterocycles. The van der Waals surface area contributed by atoms with Crippen molar-refractivity contribution in [1.29, 1.82) is 0 Å². The molecule has 0 heterocycles. The zero-order chi connectivity index (χ0) is 12.1. The van der Waals surface area contributed by atoms with Crippen molar-refractivity contribution in [3.05, 3.63) is 35.4 Å². The molecule has 3 heteroatoms. The first-order chi connectivity index (χ1) is 8.22. The normalized spacial score (nSPS) is 17.8. The van der Waals surface area contributed by atoms with Gasteiger partial charge in [-0.25, -0.2) is 0 Å². The van der Waals surface area contributed by atoms with Gasteiger partial charge in [-0.1, -0.05) is 24.3 Å². The van der Waals surface area contributed by atoms with E-state index in [4.69, 9.17) is 4.74 Å². The molecule has 0 unspecified atom stereocenters. The third-order valence-electron chi connectivity index (χ3n) is 3.37. The quantitative estimate of drug-likeness (QED) is 0.790. The minimum absolute atomic E-state index is 0.440. The number of ether oxygens (including phenoxy) is 1. The summed E-state index contributed by atoms with van der Waals surface area (Å²) in [5.74, 6) is 0. The Kier molecular flexibility index (Phi) is 4.15. The summed E-state index contributed by atoms with van der Waals surface area (Å²) in [5, 5.41) is 13.3. The predicted molar refractivity (Wildman–Crippen MR) is 67.7 cm³/mol. The third-order valence-corrected chi connectivity index (χ3v) is 3.37. The Hall–Kier alpha value is -0.900. The first kappa shape index (κ1) is 12.6. The number of hydrogen-bond donors (Lipinski definition) is 2. The molecule has 2 rings (SSSR count). The molecule has 0 bridgehead atoms. The molecule has 0 amide bonds. The molecule has 17 heavy (non-hydrogen) atoms. The molecule has 1 saturated carbocycles. The van der Waals surface area contributed by atoms with E-state index in [2.05, 4.69) is 23.5 Å². The smallest absolute Gasteiger partial charge is 0.0771 e. The summed E-state index contributed by atoms with van der Waals surface area (Å²) in [7, 11) is 1.71. The molecular formula is C14H21NO2. The minimum atomic E-state index is -0.440. The fourth-order valence-corrected chi connectivity index (χ4v) is 2.20. The molecule has 1 aliphatic carbocycles. The molecule has 0 aliphatic heterocycles. The zero-order valence-corrected chi connectivity index (χ0v) is 10.4. The molecule has 0 atom stereocenters. The van der Waals surface area contributed by atoms with Crippen LogP contribution in [0, 0.1) is 0 Å². The monoisotopic (exact) mass is 235 g/mol. The van der Waals surface area contributed by atoms with Crippen LogP contribution in [0.15, 0.2) is 24.3 Å². The maximum Gasteiger partial charge on any atom is 0.0771 e. The lowest BCUT2D eigenvalue weighted by Gasteiger charge is -2.36. The highest BCUT2D eigenvalue weighted by molar-refractivity contribution is 5.22. The van der Waals surface area contributed by atoms with E-state index in [1.807, 2.05) is 6.07 Å². The number of benzene rings is 1. The Bertz CT molecular complexity index is 361. The maximum absolute atomic E-state index is 9.94. The summed E-state index contributed by atoms with van der Waals surface area (Å²) in [4.78, 5) is 0. The van der Waals surface area contributed by atoms with Crippen LogP contribution in [0.3, 0.4) is 0 Å². The van der Waals surface area contributed by atoms with Gasteiger partial charge in [-0.05, 0) is 30.4 Å². The summed E-state index contributed by atoms with van der Waals surface area (Å²) >= 11 is 0. The highest BCUT2D eigenvalue weighted by Gasteiger charge is 2.33. The lowest BCUT2D eigenvalue weighted by molar-refractivity contribution is -0.0314. The highest BCUT2D eigenvalue weighted by Crippen LogP contribution is 2.30. The summed E-state index contributed by atoms with van der Waals surface area (Å²) in [5.41, 5.74) is 1.99. The van der Waals surface area contributed by atoms with E-state index in [1.54, 1.807) is 7.11 Å². The zero-order valence-electron chi connectivity index (χ0n) is 10.4. The van der Waals surface area contributed by atoms with Crippen LogP contribution in [0.1, 0.15) is 30.4 Å². The van der Waals surface area contributed by atoms with E-state index in [0.29, 0.717) is 13.2 Å². The largest absolute Gasteiger partial charge is 0.389 e. The second-order valence-electron chi connectivity index (χ2n) is 4.93. The lowest BCUT2D eigenvalue weighted by Crippen LogP contribution is -2.45. The fourth-order valence-electron chi connectivity index (χ4n) is 2.20. The topological polar surface area (TPSA) is 41.5 Å². The van der Waals surface area contributed by atoms with Gasteiger partial charge in [0.1, 0.15) is 0 Å². The van der Waals surface area contributed by atoms with Gasteiger partial charge in [0.2, 0.25) is 0 Å². The lowest BCUT2D eigenvalue weighted by atomic mass is 9.80. The number of methoxy groups -OCH3 is 1. The first-order valence-electron chi connectivity index (χ1n) is 6.22. The molecule has 1 aliphatic rings. The summed E-state index contributed by atoms with van der Waals surface area (Å²) < 4.78 is 5.11. The van der Waals surface area contributed by atoms with Crippen molar-refractivity contribution < 1.29 is 9.84 Å². The molecule has 1 fully saturated rings. The van der Waals surface area contributed by atoms with E-state index in [0.717, 1.165) is 25.8 Å². The SMILES string of the molecule is COCc1cccc(CNCC2(O)CCC2)c1. The highest BCUT2D eigenvalue weighted by atomic mass is 16.5. The molecule has 1 aromatic carbocycles. The van der Waals surface area contributed by atoms with Crippen LogP contribution < -0.4 is 5.32 Å². The van der Waals surface area contributed by atoms with Crippen LogP contribution >= 0.6 is 0 Å². The first-order valence-corrected chi connectivity index (χ1v) is 6.22. The molecule has 0 radical (unpaired) electrons. The molecule has 2 N–H and O–H groups in total. The van der Waals surface area contributed by atoms with Crippen molar-refractivity contribution in [1.82, 2.24) is 5.32 Å². The number of rotatable bonds is 6. The molecule has 1 aromatic rings. The van der Waals surface area contributed by atoms with Crippen molar-refractivity contribution >= 4 is 0 Å². The minimum Gasteiger partial charge on any atom is -0.389 e. The van der Waals surface area contributed by atoms with Gasteiger partial charge in [0, 0.05) is 20.2 Å². The van der Waals surface area contributed by atoms with E-state index in [-0.39, 0.29) is 0 Å². The third kappa shape index (κ3) is 3.53. The molecular weight excluding hydrogens is 214 g/mol. The van der Waals surface area contributed by atoms with Gasteiger partial charge in [-0.2, -0.15) is 0 Å². The van der Waals surface area contributed by atoms with Gasteiger partial charge in [0.15, 0.2) is 0 Å². The van der Waals surface area contributed by atoms with Crippen molar-refractivity contribution in [2.24, 2.45) is 0 Å². The molecule has 0 spiro atoms. The average molecular weight is 235 g/mol. The number of aliphatic hydroxyl groups is 1. The Balaban J connectivity index is 1.79. The van der Waals surface area contributed by atoms with Gasteiger partial charge in [-0.3, -0.25) is 0 Å². The Morgan fingerprint density at radius 1 is 1.35 bits per heavy atom. The van der Waals surface area contributed by atoms with Crippen molar-refractivity contribution in [3.8, 4) is 0 Å². The van der Waals surface area contributed by atoms with Crippen LogP contribution in [0.25, 0.3) is 0 Å². The summed E-state index contributed by atoms with van der Waals surface area (Å²) in [6.45, 7) is 2.15. The van der Waals surface area contributed by atoms with Crippen LogP contribution in [0.2, 0.25) is 0 Å². The van der Waals surface area contributed by atoms with Gasteiger partial charge >= 0.3 is 0 Å². The Morgan fingerprint density at radius 3 is 2.76 bits per heavy atom. The summed E-state index contributed by atoms with van der Waals surface area (Å²) in [6, 6.07) is 8.34. The van der Waals surface area contributed by atoms with Crippen molar-refractivity contribution in [3.63, 3.8) is 0 Å². The van der Waals surface area contributed by atoms with E-state index in [1.165, 1.54) is 11.1 Å². The van der Waals surface area contributed by atoms with Crippen LogP contribution in [-0.2, 0) is 17.9 Å². The predicted octanol–water partition coefficient (Wildman–Crippen LogP) is 1.84. The van der Waals surface area contributed by atoms with Crippen LogP contribution in [0.4, 0.5) is 0 Å². The van der Waals surface area contributed by atoms with Crippen LogP contribution in [0.5, 0.6) is 0 Å². The van der Waals surface area contributed by atoms with Gasteiger partial charge < -0.3 is 15.2 Å².